The van der Waals surface area contributed by atoms with Gasteiger partial charge < -0.3 is 9.88 Å². The molecule has 0 aliphatic carbocycles. The Morgan fingerprint density at radius 3 is 2.47 bits per heavy atom. The molecule has 0 radical (unpaired) electrons. The van der Waals surface area contributed by atoms with Crippen LogP contribution in [0.5, 0.6) is 0 Å². The minimum Gasteiger partial charge on any atom is -0.351 e. The van der Waals surface area contributed by atoms with Gasteiger partial charge in [0.15, 0.2) is 16.3 Å². The molecular weight excluding hydrogens is 409 g/mol. The van der Waals surface area contributed by atoms with Crippen LogP contribution < -0.4 is 16.6 Å². The molecule has 0 atom stereocenters. The van der Waals surface area contributed by atoms with Gasteiger partial charge in [0, 0.05) is 25.2 Å². The van der Waals surface area contributed by atoms with E-state index in [1.165, 1.54) is 24.7 Å². The van der Waals surface area contributed by atoms with Gasteiger partial charge in [0.05, 0.1) is 12.3 Å². The highest BCUT2D eigenvalue weighted by Crippen LogP contribution is 2.23. The Morgan fingerprint density at radius 2 is 1.83 bits per heavy atom. The second-order valence-electron chi connectivity index (χ2n) is 8.04. The van der Waals surface area contributed by atoms with E-state index in [9.17, 15) is 18.8 Å². The Kier molecular flexibility index (Phi) is 5.89. The lowest BCUT2D eigenvalue weighted by Crippen LogP contribution is -2.41. The number of halogens is 1. The van der Waals surface area contributed by atoms with Crippen molar-refractivity contribution in [2.75, 3.05) is 5.75 Å². The smallest absolute Gasteiger partial charge is 0.332 e. The molecule has 2 aromatic heterocycles. The van der Waals surface area contributed by atoms with Gasteiger partial charge in [-0.25, -0.2) is 14.2 Å². The summed E-state index contributed by atoms with van der Waals surface area (Å²) >= 11 is 1.13. The second kappa shape index (κ2) is 8.10. The molecule has 10 heteroatoms. The summed E-state index contributed by atoms with van der Waals surface area (Å²) in [6, 6.07) is 6.25. The predicted octanol–water partition coefficient (Wildman–Crippen LogP) is 1.63. The number of fused-ring (bicyclic) bond motifs is 1. The maximum atomic E-state index is 14.3. The number of aromatic nitrogens is 4. The van der Waals surface area contributed by atoms with E-state index in [2.05, 4.69) is 10.3 Å². The van der Waals surface area contributed by atoms with Gasteiger partial charge in [-0.05, 0) is 26.8 Å². The molecule has 0 saturated carbocycles. The number of hydrogen-bond acceptors (Lipinski definition) is 5. The summed E-state index contributed by atoms with van der Waals surface area (Å²) in [5.41, 5.74) is -0.674. The Morgan fingerprint density at radius 1 is 1.17 bits per heavy atom. The fourth-order valence-electron chi connectivity index (χ4n) is 3.06. The molecule has 0 saturated heterocycles. The number of imidazole rings is 1. The first-order chi connectivity index (χ1) is 14.0. The Bertz CT molecular complexity index is 1240. The highest BCUT2D eigenvalue weighted by molar-refractivity contribution is 7.99. The average Bonchev–Trinajstić information content (AvgIpc) is 3.02. The molecule has 0 fully saturated rings. The van der Waals surface area contributed by atoms with Gasteiger partial charge in [0.1, 0.15) is 5.82 Å². The number of aryl methyl sites for hydroxylation is 1. The van der Waals surface area contributed by atoms with Gasteiger partial charge in [-0.1, -0.05) is 30.0 Å². The minimum absolute atomic E-state index is 0.0415. The molecule has 2 heterocycles. The standard InChI is InChI=1S/C20H24FN5O3S/c1-20(2,3)23-14(27)11-30-18-22-16-15(17(28)25(5)19(29)24(16)4)26(18)10-12-8-6-7-9-13(12)21/h6-9H,10-11H2,1-5H3,(H,23,27). The zero-order valence-corrected chi connectivity index (χ0v) is 18.3. The lowest BCUT2D eigenvalue weighted by Gasteiger charge is -2.20. The van der Waals surface area contributed by atoms with E-state index < -0.39 is 17.1 Å². The van der Waals surface area contributed by atoms with Crippen molar-refractivity contribution in [3.8, 4) is 0 Å². The van der Waals surface area contributed by atoms with Gasteiger partial charge in [0.25, 0.3) is 5.56 Å². The number of nitrogens with zero attached hydrogens (tertiary/aromatic N) is 4. The van der Waals surface area contributed by atoms with Crippen molar-refractivity contribution in [2.45, 2.75) is 38.0 Å². The summed E-state index contributed by atoms with van der Waals surface area (Å²) in [5.74, 6) is -0.548. The van der Waals surface area contributed by atoms with Crippen LogP contribution in [0.3, 0.4) is 0 Å². The third kappa shape index (κ3) is 4.33. The Hall–Kier alpha value is -2.88. The van der Waals surface area contributed by atoms with Crippen molar-refractivity contribution < 1.29 is 9.18 Å². The van der Waals surface area contributed by atoms with Crippen LogP contribution in [0.25, 0.3) is 11.2 Å². The molecule has 0 unspecified atom stereocenters. The molecule has 0 aliphatic heterocycles. The number of rotatable bonds is 5. The fraction of sp³-hybridized carbons (Fsp3) is 0.400. The van der Waals surface area contributed by atoms with Crippen molar-refractivity contribution in [2.24, 2.45) is 14.1 Å². The van der Waals surface area contributed by atoms with E-state index in [1.54, 1.807) is 22.8 Å². The summed E-state index contributed by atoms with van der Waals surface area (Å²) in [6.45, 7) is 5.67. The molecule has 1 amide bonds. The zero-order chi connectivity index (χ0) is 22.2. The monoisotopic (exact) mass is 433 g/mol. The van der Waals surface area contributed by atoms with Crippen LogP contribution in [0, 0.1) is 5.82 Å². The average molecular weight is 434 g/mol. The molecule has 3 aromatic rings. The highest BCUT2D eigenvalue weighted by Gasteiger charge is 2.22. The first-order valence-electron chi connectivity index (χ1n) is 9.33. The second-order valence-corrected chi connectivity index (χ2v) is 8.98. The first-order valence-corrected chi connectivity index (χ1v) is 10.3. The third-order valence-electron chi connectivity index (χ3n) is 4.45. The van der Waals surface area contributed by atoms with Crippen molar-refractivity contribution >= 4 is 28.8 Å². The Balaban J connectivity index is 2.11. The molecule has 160 valence electrons. The Labute approximate surface area is 176 Å². The lowest BCUT2D eigenvalue weighted by molar-refractivity contribution is -0.119. The summed E-state index contributed by atoms with van der Waals surface area (Å²) in [7, 11) is 2.90. The van der Waals surface area contributed by atoms with Gasteiger partial charge in [0.2, 0.25) is 5.91 Å². The summed E-state index contributed by atoms with van der Waals surface area (Å²) in [5, 5.41) is 3.22. The summed E-state index contributed by atoms with van der Waals surface area (Å²) < 4.78 is 18.1. The summed E-state index contributed by atoms with van der Waals surface area (Å²) in [6.07, 6.45) is 0. The first kappa shape index (κ1) is 21.8. The van der Waals surface area contributed by atoms with E-state index in [0.29, 0.717) is 10.7 Å². The highest BCUT2D eigenvalue weighted by atomic mass is 32.2. The van der Waals surface area contributed by atoms with Crippen LogP contribution in [-0.2, 0) is 25.4 Å². The molecule has 8 nitrogen and oxygen atoms in total. The maximum Gasteiger partial charge on any atom is 0.332 e. The lowest BCUT2D eigenvalue weighted by atomic mass is 10.1. The maximum absolute atomic E-state index is 14.3. The number of amides is 1. The number of carbonyl (C=O) groups is 1. The van der Waals surface area contributed by atoms with Crippen molar-refractivity contribution in [3.63, 3.8) is 0 Å². The van der Waals surface area contributed by atoms with Crippen molar-refractivity contribution in [1.82, 2.24) is 24.0 Å². The quantitative estimate of drug-likeness (QED) is 0.618. The predicted molar refractivity (Wildman–Crippen MR) is 114 cm³/mol. The van der Waals surface area contributed by atoms with Crippen molar-refractivity contribution in [1.29, 1.82) is 0 Å². The largest absolute Gasteiger partial charge is 0.351 e. The summed E-state index contributed by atoms with van der Waals surface area (Å²) in [4.78, 5) is 41.9. The van der Waals surface area contributed by atoms with Crippen LogP contribution in [-0.4, -0.2) is 35.9 Å². The van der Waals surface area contributed by atoms with Crippen molar-refractivity contribution in [3.05, 3.63) is 56.5 Å². The zero-order valence-electron chi connectivity index (χ0n) is 17.5. The van der Waals surface area contributed by atoms with Gasteiger partial charge in [-0.3, -0.25) is 18.7 Å². The molecule has 3 rings (SSSR count). The molecule has 0 spiro atoms. The molecule has 30 heavy (non-hydrogen) atoms. The fourth-order valence-corrected chi connectivity index (χ4v) is 3.86. The normalized spacial score (nSPS) is 11.8. The van der Waals surface area contributed by atoms with Gasteiger partial charge in [-0.15, -0.1) is 0 Å². The van der Waals surface area contributed by atoms with E-state index in [-0.39, 0.29) is 34.9 Å². The number of nitrogens with one attached hydrogen (secondary N) is 1. The minimum atomic E-state index is -0.525. The molecule has 1 N–H and O–H groups in total. The van der Waals surface area contributed by atoms with Crippen LogP contribution in [0.2, 0.25) is 0 Å². The van der Waals surface area contributed by atoms with Crippen LogP contribution in [0.15, 0.2) is 39.0 Å². The number of benzene rings is 1. The van der Waals surface area contributed by atoms with E-state index in [4.69, 9.17) is 0 Å². The molecular formula is C20H24FN5O3S. The number of carbonyl (C=O) groups excluding carboxylic acids is 1. The third-order valence-corrected chi connectivity index (χ3v) is 5.42. The van der Waals surface area contributed by atoms with Crippen LogP contribution in [0.1, 0.15) is 26.3 Å². The van der Waals surface area contributed by atoms with Gasteiger partial charge >= 0.3 is 5.69 Å². The number of thioether (sulfide) groups is 1. The SMILES string of the molecule is Cn1c(=O)c2c(nc(SCC(=O)NC(C)(C)C)n2Cc2ccccc2F)n(C)c1=O. The van der Waals surface area contributed by atoms with E-state index in [1.807, 2.05) is 20.8 Å². The molecule has 0 aliphatic rings. The van der Waals surface area contributed by atoms with E-state index in [0.717, 1.165) is 16.3 Å². The van der Waals surface area contributed by atoms with Crippen LogP contribution >= 0.6 is 11.8 Å². The van der Waals surface area contributed by atoms with Gasteiger partial charge in [-0.2, -0.15) is 0 Å². The number of hydrogen-bond donors (Lipinski definition) is 1. The molecule has 1 aromatic carbocycles. The topological polar surface area (TPSA) is 90.9 Å². The molecule has 0 bridgehead atoms. The van der Waals surface area contributed by atoms with E-state index >= 15 is 0 Å². The van der Waals surface area contributed by atoms with Crippen LogP contribution in [0.4, 0.5) is 4.39 Å².